The number of likely N-dealkylation sites (tertiary alicyclic amines) is 1. The van der Waals surface area contributed by atoms with E-state index in [0.717, 1.165) is 38.9 Å². The average molecular weight is 853 g/mol. The third-order valence-corrected chi connectivity index (χ3v) is 12.0. The molecule has 16 heteroatoms. The first-order valence-electron chi connectivity index (χ1n) is 21.3. The number of hydrogen-bond donors (Lipinski definition) is 2. The summed E-state index contributed by atoms with van der Waals surface area (Å²) in [6.07, 6.45) is 12.6. The van der Waals surface area contributed by atoms with E-state index in [0.29, 0.717) is 57.3 Å². The van der Waals surface area contributed by atoms with Crippen LogP contribution in [0.2, 0.25) is 0 Å². The van der Waals surface area contributed by atoms with Crippen LogP contribution in [0.15, 0.2) is 78.0 Å². The molecular weight excluding hydrogens is 797 g/mol. The predicted octanol–water partition coefficient (Wildman–Crippen LogP) is 10.0. The van der Waals surface area contributed by atoms with Gasteiger partial charge in [-0.1, -0.05) is 113 Å². The van der Waals surface area contributed by atoms with Gasteiger partial charge in [0.05, 0.1) is 35.5 Å². The highest BCUT2D eigenvalue weighted by Crippen LogP contribution is 2.37. The molecular formula is C45H56N8O7S. The number of nitrogens with one attached hydrogen (secondary N) is 1. The van der Waals surface area contributed by atoms with Gasteiger partial charge in [0.25, 0.3) is 5.91 Å². The van der Waals surface area contributed by atoms with Crippen molar-refractivity contribution in [3.05, 3.63) is 94.0 Å². The van der Waals surface area contributed by atoms with Crippen LogP contribution in [0.3, 0.4) is 0 Å². The summed E-state index contributed by atoms with van der Waals surface area (Å²) in [5.74, 6) is -0.159. The number of carbonyl (C=O) groups excluding carboxylic acids is 2. The van der Waals surface area contributed by atoms with Crippen molar-refractivity contribution in [2.75, 3.05) is 43.5 Å². The van der Waals surface area contributed by atoms with Gasteiger partial charge in [-0.3, -0.25) is 19.8 Å². The van der Waals surface area contributed by atoms with Gasteiger partial charge in [-0.2, -0.15) is 0 Å². The van der Waals surface area contributed by atoms with Crippen molar-refractivity contribution >= 4 is 51.6 Å². The molecule has 2 N–H and O–H groups in total. The fraction of sp³-hybridized carbons (Fsp3) is 0.444. The van der Waals surface area contributed by atoms with Gasteiger partial charge in [0.2, 0.25) is 10.9 Å². The largest absolute Gasteiger partial charge is 0.506 e. The van der Waals surface area contributed by atoms with E-state index in [1.807, 2.05) is 0 Å². The predicted molar refractivity (Wildman–Crippen MR) is 238 cm³/mol. The standard InChI is InChI=1S/C45H56N8O7S/c1-3-4-5-6-7-8-9-10-11-14-28-51(38-20-17-18-35-34(38)23-24-36(42(35)54)43(55)46-37-19-12-13-21-40(37)59-2)45(56)60-41-25-22-33(31-39(41)53(57)58)32-61-44-47-48-49-52(44)30-29-50-26-15-16-27-50/h12-13,17-25,31,54H,3-11,14-16,26-30,32H2,1-2H3,(H,46,55). The molecule has 1 saturated heterocycles. The number of aromatic nitrogens is 4. The van der Waals surface area contributed by atoms with Gasteiger partial charge in [-0.05, 0) is 78.7 Å². The number of phenolic OH excluding ortho intramolecular Hbond substituents is 1. The smallest absolute Gasteiger partial charge is 0.420 e. The van der Waals surface area contributed by atoms with Gasteiger partial charge < -0.3 is 24.8 Å². The van der Waals surface area contributed by atoms with Gasteiger partial charge in [-0.25, -0.2) is 9.48 Å². The molecule has 0 bridgehead atoms. The molecule has 61 heavy (non-hydrogen) atoms. The highest BCUT2D eigenvalue weighted by atomic mass is 32.2. The molecule has 2 heterocycles. The zero-order valence-corrected chi connectivity index (χ0v) is 35.9. The van der Waals surface area contributed by atoms with Gasteiger partial charge in [0, 0.05) is 35.7 Å². The Morgan fingerprint density at radius 1 is 0.885 bits per heavy atom. The summed E-state index contributed by atoms with van der Waals surface area (Å²) in [5, 5.41) is 40.3. The van der Waals surface area contributed by atoms with Crippen LogP contribution in [0.4, 0.5) is 21.9 Å². The second-order valence-corrected chi connectivity index (χ2v) is 16.2. The zero-order chi connectivity index (χ0) is 43.0. The molecule has 0 aliphatic carbocycles. The number of ether oxygens (including phenoxy) is 2. The third kappa shape index (κ3) is 12.2. The molecule has 15 nitrogen and oxygen atoms in total. The van der Waals surface area contributed by atoms with Crippen molar-refractivity contribution in [3.8, 4) is 17.2 Å². The van der Waals surface area contributed by atoms with Crippen LogP contribution < -0.4 is 19.7 Å². The normalized spacial score (nSPS) is 12.8. The molecule has 5 aromatic rings. The lowest BCUT2D eigenvalue weighted by Crippen LogP contribution is -2.34. The van der Waals surface area contributed by atoms with Crippen LogP contribution >= 0.6 is 11.8 Å². The fourth-order valence-electron chi connectivity index (χ4n) is 7.61. The van der Waals surface area contributed by atoms with Gasteiger partial charge in [0.1, 0.15) is 11.5 Å². The van der Waals surface area contributed by atoms with Gasteiger partial charge in [-0.15, -0.1) is 5.10 Å². The summed E-state index contributed by atoms with van der Waals surface area (Å²) in [5.41, 5.74) is 1.21. The Morgan fingerprint density at radius 2 is 1.62 bits per heavy atom. The minimum Gasteiger partial charge on any atom is -0.506 e. The number of thioether (sulfide) groups is 1. The third-order valence-electron chi connectivity index (χ3n) is 11.0. The van der Waals surface area contributed by atoms with E-state index in [9.17, 15) is 24.8 Å². The van der Waals surface area contributed by atoms with E-state index in [2.05, 4.69) is 32.7 Å². The maximum absolute atomic E-state index is 14.2. The van der Waals surface area contributed by atoms with E-state index < -0.39 is 16.9 Å². The fourth-order valence-corrected chi connectivity index (χ4v) is 8.46. The summed E-state index contributed by atoms with van der Waals surface area (Å²) in [7, 11) is 1.50. The molecule has 0 unspecified atom stereocenters. The number of benzene rings is 4. The Labute approximate surface area is 360 Å². The lowest BCUT2D eigenvalue weighted by atomic mass is 10.0. The summed E-state index contributed by atoms with van der Waals surface area (Å²) in [4.78, 5) is 43.3. The van der Waals surface area contributed by atoms with Crippen LogP contribution in [0.1, 0.15) is 99.9 Å². The Hall–Kier alpha value is -5.74. The average Bonchev–Trinajstić information content (AvgIpc) is 3.97. The van der Waals surface area contributed by atoms with Crippen molar-refractivity contribution in [2.24, 2.45) is 0 Å². The number of nitro groups is 1. The second-order valence-electron chi connectivity index (χ2n) is 15.3. The number of nitrogens with zero attached hydrogens (tertiary/aromatic N) is 7. The molecule has 1 fully saturated rings. The highest BCUT2D eigenvalue weighted by molar-refractivity contribution is 7.98. The monoisotopic (exact) mass is 852 g/mol. The molecule has 0 saturated carbocycles. The Morgan fingerprint density at radius 3 is 2.36 bits per heavy atom. The number of methoxy groups -OCH3 is 1. The quantitative estimate of drug-likeness (QED) is 0.0275. The number of phenols is 1. The summed E-state index contributed by atoms with van der Waals surface area (Å²) in [6.45, 7) is 6.12. The number of nitro benzene ring substituents is 1. The molecule has 0 spiro atoms. The minimum absolute atomic E-state index is 0.0341. The van der Waals surface area contributed by atoms with E-state index in [-0.39, 0.29) is 29.3 Å². The Kier molecular flexibility index (Phi) is 16.7. The lowest BCUT2D eigenvalue weighted by molar-refractivity contribution is -0.385. The summed E-state index contributed by atoms with van der Waals surface area (Å²) < 4.78 is 13.0. The number of hydrogen-bond acceptors (Lipinski definition) is 12. The molecule has 1 aliphatic heterocycles. The van der Waals surface area contributed by atoms with Crippen LogP contribution in [-0.2, 0) is 12.3 Å². The number of fused-ring (bicyclic) bond motifs is 1. The van der Waals surface area contributed by atoms with Crippen molar-refractivity contribution in [3.63, 3.8) is 0 Å². The number of anilines is 2. The highest BCUT2D eigenvalue weighted by Gasteiger charge is 2.26. The minimum atomic E-state index is -0.802. The summed E-state index contributed by atoms with van der Waals surface area (Å²) >= 11 is 1.38. The SMILES string of the molecule is CCCCCCCCCCCCN(C(=O)Oc1ccc(CSc2nnnn2CCN2CCCC2)cc1[N+](=O)[O-])c1cccc2c(O)c(C(=O)Nc3ccccc3OC)ccc12. The first-order valence-corrected chi connectivity index (χ1v) is 22.3. The van der Waals surface area contributed by atoms with Crippen LogP contribution in [0.25, 0.3) is 10.8 Å². The number of unbranched alkanes of at least 4 members (excludes halogenated alkanes) is 9. The maximum atomic E-state index is 14.2. The molecule has 2 amide bonds. The van der Waals surface area contributed by atoms with Gasteiger partial charge >= 0.3 is 11.8 Å². The summed E-state index contributed by atoms with van der Waals surface area (Å²) in [6, 6.07) is 19.8. The topological polar surface area (TPSA) is 178 Å². The Balaban J connectivity index is 1.19. The molecule has 6 rings (SSSR count). The van der Waals surface area contributed by atoms with E-state index in [1.165, 1.54) is 93.3 Å². The molecule has 1 aromatic heterocycles. The number of amides is 2. The van der Waals surface area contributed by atoms with Crippen molar-refractivity contribution < 1.29 is 29.1 Å². The first-order chi connectivity index (χ1) is 29.8. The van der Waals surface area contributed by atoms with Crippen molar-refractivity contribution in [2.45, 2.75) is 101 Å². The van der Waals surface area contributed by atoms with Crippen molar-refractivity contribution in [1.29, 1.82) is 0 Å². The van der Waals surface area contributed by atoms with Crippen LogP contribution in [0, 0.1) is 10.1 Å². The molecule has 0 atom stereocenters. The zero-order valence-electron chi connectivity index (χ0n) is 35.1. The Bertz CT molecular complexity index is 2250. The van der Waals surface area contributed by atoms with Gasteiger partial charge in [0.15, 0.2) is 0 Å². The van der Waals surface area contributed by atoms with E-state index >= 15 is 0 Å². The maximum Gasteiger partial charge on any atom is 0.420 e. The first kappa shape index (κ1) is 44.8. The van der Waals surface area contributed by atoms with E-state index in [1.54, 1.807) is 59.3 Å². The number of aromatic hydroxyl groups is 1. The number of rotatable bonds is 23. The lowest BCUT2D eigenvalue weighted by Gasteiger charge is -2.24. The molecule has 324 valence electrons. The van der Waals surface area contributed by atoms with Crippen molar-refractivity contribution in [1.82, 2.24) is 25.1 Å². The molecule has 4 aromatic carbocycles. The molecule has 1 aliphatic rings. The number of tetrazole rings is 1. The van der Waals surface area contributed by atoms with E-state index in [4.69, 9.17) is 9.47 Å². The van der Waals surface area contributed by atoms with Crippen LogP contribution in [-0.4, -0.2) is 80.4 Å². The molecule has 0 radical (unpaired) electrons. The second kappa shape index (κ2) is 22.7. The number of carbonyl (C=O) groups is 2. The van der Waals surface area contributed by atoms with Crippen LogP contribution in [0.5, 0.6) is 17.2 Å². The number of para-hydroxylation sites is 2.